The Balaban J connectivity index is 1.95. The number of hydrogen-bond acceptors (Lipinski definition) is 1. The van der Waals surface area contributed by atoms with E-state index in [4.69, 9.17) is 0 Å². The number of amides is 1. The van der Waals surface area contributed by atoms with Crippen molar-refractivity contribution >= 4 is 11.6 Å². The minimum Gasteiger partial charge on any atom is -0.321 e. The van der Waals surface area contributed by atoms with E-state index in [1.807, 2.05) is 30.3 Å². The van der Waals surface area contributed by atoms with Gasteiger partial charge in [0.25, 0.3) is 5.91 Å². The topological polar surface area (TPSA) is 29.1 Å². The van der Waals surface area contributed by atoms with Crippen molar-refractivity contribution in [3.05, 3.63) is 30.3 Å². The monoisotopic (exact) mass is 247 g/mol. The Kier molecular flexibility index (Phi) is 4.02. The molecule has 1 aliphatic heterocycles. The van der Waals surface area contributed by atoms with Gasteiger partial charge < -0.3 is 9.80 Å². The van der Waals surface area contributed by atoms with Crippen LogP contribution in [0.15, 0.2) is 30.3 Å². The molecule has 1 fully saturated rings. The zero-order valence-electron chi connectivity index (χ0n) is 11.4. The van der Waals surface area contributed by atoms with Crippen molar-refractivity contribution in [1.29, 1.82) is 0 Å². The van der Waals surface area contributed by atoms with Gasteiger partial charge in [-0.05, 0) is 18.6 Å². The minimum absolute atomic E-state index is 0.129. The van der Waals surface area contributed by atoms with Crippen molar-refractivity contribution in [2.24, 2.45) is 0 Å². The average molecular weight is 247 g/mol. The van der Waals surface area contributed by atoms with Gasteiger partial charge >= 0.3 is 0 Å². The van der Waals surface area contributed by atoms with Crippen LogP contribution in [0.1, 0.15) is 26.2 Å². The lowest BCUT2D eigenvalue weighted by Crippen LogP contribution is -2.52. The molecular weight excluding hydrogens is 224 g/mol. The first-order valence-electron chi connectivity index (χ1n) is 6.83. The molecule has 0 aromatic heterocycles. The number of carbonyl (C=O) groups excluding carboxylic acids is 1. The summed E-state index contributed by atoms with van der Waals surface area (Å²) in [6, 6.07) is 10.3. The number of nitrogens with one attached hydrogen (secondary N) is 1. The Labute approximate surface area is 109 Å². The fourth-order valence-corrected chi connectivity index (χ4v) is 3.09. The van der Waals surface area contributed by atoms with Crippen LogP contribution in [-0.2, 0) is 4.79 Å². The van der Waals surface area contributed by atoms with Crippen LogP contribution >= 0.6 is 0 Å². The molecule has 0 saturated carbocycles. The van der Waals surface area contributed by atoms with E-state index < -0.39 is 0 Å². The van der Waals surface area contributed by atoms with Crippen LogP contribution in [0.2, 0.25) is 0 Å². The van der Waals surface area contributed by atoms with Crippen LogP contribution in [0.3, 0.4) is 0 Å². The van der Waals surface area contributed by atoms with Gasteiger partial charge in [-0.2, -0.15) is 0 Å². The van der Waals surface area contributed by atoms with Gasteiger partial charge in [0.1, 0.15) is 0 Å². The van der Waals surface area contributed by atoms with E-state index in [9.17, 15) is 4.79 Å². The SMILES string of the molecule is CC[C@H]1CCC[N+]1(C)CC(=O)Nc1ccccc1. The first kappa shape index (κ1) is 13.1. The largest absolute Gasteiger partial charge is 0.321 e. The van der Waals surface area contributed by atoms with Crippen LogP contribution < -0.4 is 5.32 Å². The molecule has 1 saturated heterocycles. The maximum atomic E-state index is 12.1. The number of likely N-dealkylation sites (N-methyl/N-ethyl adjacent to an activating group) is 1. The fraction of sp³-hybridized carbons (Fsp3) is 0.533. The van der Waals surface area contributed by atoms with Gasteiger partial charge in [0, 0.05) is 18.5 Å². The highest BCUT2D eigenvalue weighted by atomic mass is 16.2. The van der Waals surface area contributed by atoms with E-state index in [0.29, 0.717) is 12.6 Å². The molecule has 1 amide bonds. The molecule has 2 rings (SSSR count). The predicted octanol–water partition coefficient (Wildman–Crippen LogP) is 2.64. The standard InChI is InChI=1S/C15H22N2O/c1-3-14-10-7-11-17(14,2)12-15(18)16-13-8-5-4-6-9-13/h4-6,8-9,14H,3,7,10-12H2,1-2H3/p+1/t14-,17?/m0/s1. The average Bonchev–Trinajstić information content (AvgIpc) is 2.70. The van der Waals surface area contributed by atoms with Crippen LogP contribution in [0, 0.1) is 0 Å². The molecule has 0 bridgehead atoms. The lowest BCUT2D eigenvalue weighted by atomic mass is 10.1. The highest BCUT2D eigenvalue weighted by Crippen LogP contribution is 2.26. The minimum atomic E-state index is 0.129. The summed E-state index contributed by atoms with van der Waals surface area (Å²) in [5.74, 6) is 0.129. The third-order valence-electron chi connectivity index (χ3n) is 4.12. The zero-order chi connectivity index (χ0) is 13.0. The second kappa shape index (κ2) is 5.53. The second-order valence-electron chi connectivity index (χ2n) is 5.48. The molecule has 0 aliphatic carbocycles. The molecule has 1 heterocycles. The number of para-hydroxylation sites is 1. The first-order valence-corrected chi connectivity index (χ1v) is 6.83. The summed E-state index contributed by atoms with van der Waals surface area (Å²) in [7, 11) is 2.21. The van der Waals surface area contributed by atoms with E-state index in [1.165, 1.54) is 12.8 Å². The third kappa shape index (κ3) is 2.91. The number of likely N-dealkylation sites (tertiary alicyclic amines) is 1. The van der Waals surface area contributed by atoms with Crippen LogP contribution in [-0.4, -0.2) is 36.6 Å². The Morgan fingerprint density at radius 2 is 2.11 bits per heavy atom. The van der Waals surface area contributed by atoms with Gasteiger partial charge in [-0.1, -0.05) is 25.1 Å². The predicted molar refractivity (Wildman–Crippen MR) is 74.3 cm³/mol. The van der Waals surface area contributed by atoms with Crippen LogP contribution in [0.25, 0.3) is 0 Å². The number of anilines is 1. The quantitative estimate of drug-likeness (QED) is 0.814. The smallest absolute Gasteiger partial charge is 0.279 e. The molecule has 0 radical (unpaired) electrons. The van der Waals surface area contributed by atoms with Gasteiger partial charge in [0.2, 0.25) is 0 Å². The van der Waals surface area contributed by atoms with Crippen molar-refractivity contribution in [3.63, 3.8) is 0 Å². The van der Waals surface area contributed by atoms with Gasteiger partial charge in [-0.15, -0.1) is 0 Å². The maximum absolute atomic E-state index is 12.1. The molecule has 1 aromatic rings. The first-order chi connectivity index (χ1) is 8.64. The van der Waals surface area contributed by atoms with E-state index in [0.717, 1.165) is 23.1 Å². The normalized spacial score (nSPS) is 27.1. The highest BCUT2D eigenvalue weighted by molar-refractivity contribution is 5.91. The lowest BCUT2D eigenvalue weighted by Gasteiger charge is -2.35. The van der Waals surface area contributed by atoms with Crippen molar-refractivity contribution in [2.45, 2.75) is 32.2 Å². The summed E-state index contributed by atoms with van der Waals surface area (Å²) in [5, 5.41) is 2.98. The van der Waals surface area contributed by atoms with Crippen molar-refractivity contribution in [3.8, 4) is 0 Å². The molecule has 1 aliphatic rings. The molecule has 0 spiro atoms. The van der Waals surface area contributed by atoms with Gasteiger partial charge in [0.15, 0.2) is 6.54 Å². The Hall–Kier alpha value is -1.35. The molecule has 2 atom stereocenters. The van der Waals surface area contributed by atoms with Crippen LogP contribution in [0.5, 0.6) is 0 Å². The number of quaternary nitrogens is 1. The van der Waals surface area contributed by atoms with Gasteiger partial charge in [-0.3, -0.25) is 4.79 Å². The van der Waals surface area contributed by atoms with E-state index in [-0.39, 0.29) is 5.91 Å². The summed E-state index contributed by atoms with van der Waals surface area (Å²) < 4.78 is 0.898. The summed E-state index contributed by atoms with van der Waals surface area (Å²) in [6.45, 7) is 3.94. The number of nitrogens with zero attached hydrogens (tertiary/aromatic N) is 1. The van der Waals surface area contributed by atoms with Gasteiger partial charge in [0.05, 0.1) is 19.6 Å². The Morgan fingerprint density at radius 1 is 1.39 bits per heavy atom. The number of hydrogen-bond donors (Lipinski definition) is 1. The van der Waals surface area contributed by atoms with E-state index in [2.05, 4.69) is 19.3 Å². The van der Waals surface area contributed by atoms with Crippen LogP contribution in [0.4, 0.5) is 5.69 Å². The van der Waals surface area contributed by atoms with Crippen molar-refractivity contribution in [2.75, 3.05) is 25.5 Å². The van der Waals surface area contributed by atoms with E-state index >= 15 is 0 Å². The molecule has 1 N–H and O–H groups in total. The third-order valence-corrected chi connectivity index (χ3v) is 4.12. The zero-order valence-corrected chi connectivity index (χ0v) is 11.4. The molecule has 3 heteroatoms. The maximum Gasteiger partial charge on any atom is 0.279 e. The summed E-state index contributed by atoms with van der Waals surface area (Å²) in [6.07, 6.45) is 3.66. The summed E-state index contributed by atoms with van der Waals surface area (Å²) in [5.41, 5.74) is 0.890. The Morgan fingerprint density at radius 3 is 2.78 bits per heavy atom. The number of benzene rings is 1. The fourth-order valence-electron chi connectivity index (χ4n) is 3.09. The lowest BCUT2D eigenvalue weighted by molar-refractivity contribution is -0.913. The molecule has 1 aromatic carbocycles. The Bertz CT molecular complexity index is 404. The molecule has 18 heavy (non-hydrogen) atoms. The highest BCUT2D eigenvalue weighted by Gasteiger charge is 2.38. The second-order valence-corrected chi connectivity index (χ2v) is 5.48. The van der Waals surface area contributed by atoms with Crippen molar-refractivity contribution in [1.82, 2.24) is 0 Å². The number of rotatable bonds is 4. The molecule has 3 nitrogen and oxygen atoms in total. The van der Waals surface area contributed by atoms with Gasteiger partial charge in [-0.25, -0.2) is 0 Å². The van der Waals surface area contributed by atoms with Crippen molar-refractivity contribution < 1.29 is 9.28 Å². The van der Waals surface area contributed by atoms with E-state index in [1.54, 1.807) is 0 Å². The molecule has 98 valence electrons. The molecule has 1 unspecified atom stereocenters. The number of carbonyl (C=O) groups is 1. The molecular formula is C15H23N2O+. The summed E-state index contributed by atoms with van der Waals surface area (Å²) >= 11 is 0. The summed E-state index contributed by atoms with van der Waals surface area (Å²) in [4.78, 5) is 12.1.